The van der Waals surface area contributed by atoms with Crippen molar-refractivity contribution < 1.29 is 46.5 Å². The quantitative estimate of drug-likeness (QED) is 0.206. The molecule has 0 bridgehead atoms. The van der Waals surface area contributed by atoms with Gasteiger partial charge in [0, 0.05) is 6.92 Å². The lowest BCUT2D eigenvalue weighted by Gasteiger charge is -2.30. The first-order valence-electron chi connectivity index (χ1n) is 13.9. The number of nitrogens with zero attached hydrogens (tertiary/aromatic N) is 4. The van der Waals surface area contributed by atoms with E-state index in [-0.39, 0.29) is 35.3 Å². The van der Waals surface area contributed by atoms with Crippen LogP contribution in [0.4, 0.5) is 10.3 Å². The fourth-order valence-electron chi connectivity index (χ4n) is 5.14. The molecule has 238 valence electrons. The molecule has 0 radical (unpaired) electrons. The van der Waals surface area contributed by atoms with Crippen LogP contribution in [0.3, 0.4) is 0 Å². The van der Waals surface area contributed by atoms with Crippen LogP contribution in [-0.4, -0.2) is 75.2 Å². The predicted molar refractivity (Wildman–Crippen MR) is 152 cm³/mol. The third kappa shape index (κ3) is 5.94. The number of benzene rings is 1. The second kappa shape index (κ2) is 12.3. The summed E-state index contributed by atoms with van der Waals surface area (Å²) >= 11 is 0. The summed E-state index contributed by atoms with van der Waals surface area (Å²) in [6.45, 7) is 6.90. The van der Waals surface area contributed by atoms with Crippen LogP contribution in [0.1, 0.15) is 40.8 Å². The van der Waals surface area contributed by atoms with E-state index in [2.05, 4.69) is 20.0 Å². The third-order valence-electron chi connectivity index (χ3n) is 7.06. The van der Waals surface area contributed by atoms with Gasteiger partial charge in [-0.3, -0.25) is 23.1 Å². The highest BCUT2D eigenvalue weighted by Crippen LogP contribution is 2.67. The van der Waals surface area contributed by atoms with Crippen molar-refractivity contribution in [1.82, 2.24) is 24.6 Å². The van der Waals surface area contributed by atoms with Gasteiger partial charge in [0.05, 0.1) is 24.5 Å². The number of hydrogen-bond acceptors (Lipinski definition) is 13. The zero-order chi connectivity index (χ0) is 31.8. The molecule has 1 saturated carbocycles. The van der Waals surface area contributed by atoms with Crippen molar-refractivity contribution in [2.45, 2.75) is 71.3 Å². The molecule has 2 fully saturated rings. The van der Waals surface area contributed by atoms with Crippen LogP contribution in [0.15, 0.2) is 36.7 Å². The summed E-state index contributed by atoms with van der Waals surface area (Å²) in [5, 5.41) is 2.58. The van der Waals surface area contributed by atoms with Gasteiger partial charge in [0.25, 0.3) is 0 Å². The molecule has 1 aromatic carbocycles. The predicted octanol–water partition coefficient (Wildman–Crippen LogP) is 3.11. The Hall–Kier alpha value is -3.85. The molecule has 17 heteroatoms. The van der Waals surface area contributed by atoms with Crippen LogP contribution in [0.25, 0.3) is 11.2 Å². The molecule has 7 atom stereocenters. The minimum Gasteiger partial charge on any atom is -0.476 e. The van der Waals surface area contributed by atoms with Crippen molar-refractivity contribution in [3.05, 3.63) is 36.7 Å². The summed E-state index contributed by atoms with van der Waals surface area (Å²) in [6.07, 6.45) is -3.72. The van der Waals surface area contributed by atoms with Gasteiger partial charge < -0.3 is 29.2 Å². The van der Waals surface area contributed by atoms with E-state index in [1.807, 2.05) is 0 Å². The Morgan fingerprint density at radius 3 is 2.57 bits per heavy atom. The number of ether oxygens (including phenoxy) is 4. The summed E-state index contributed by atoms with van der Waals surface area (Å²) in [5.41, 5.74) is 4.77. The number of nitrogens with one attached hydrogen (secondary N) is 1. The second-order valence-corrected chi connectivity index (χ2v) is 12.3. The molecule has 5 rings (SSSR count). The second-order valence-electron chi connectivity index (χ2n) is 10.6. The van der Waals surface area contributed by atoms with Crippen molar-refractivity contribution in [1.29, 1.82) is 0 Å². The lowest BCUT2D eigenvalue weighted by Crippen LogP contribution is -2.39. The number of anilines is 1. The van der Waals surface area contributed by atoms with Gasteiger partial charge in [-0.05, 0) is 39.8 Å². The number of nitrogen functional groups attached to an aromatic ring is 1. The number of carbonyl (C=O) groups excluding carboxylic acids is 2. The summed E-state index contributed by atoms with van der Waals surface area (Å²) in [7, 11) is -4.41. The zero-order valence-corrected chi connectivity index (χ0v) is 25.6. The van der Waals surface area contributed by atoms with Crippen LogP contribution in [0.5, 0.6) is 11.6 Å². The smallest absolute Gasteiger partial charge is 0.459 e. The number of rotatable bonds is 13. The van der Waals surface area contributed by atoms with Gasteiger partial charge in [-0.25, -0.2) is 9.55 Å². The summed E-state index contributed by atoms with van der Waals surface area (Å²) in [4.78, 5) is 37.4. The van der Waals surface area contributed by atoms with Crippen LogP contribution in [0.2, 0.25) is 0 Å². The molecule has 3 heterocycles. The van der Waals surface area contributed by atoms with E-state index in [9.17, 15) is 14.2 Å². The number of carbonyl (C=O) groups is 2. The maximum absolute atomic E-state index is 15.1. The van der Waals surface area contributed by atoms with Crippen LogP contribution in [0, 0.1) is 5.41 Å². The van der Waals surface area contributed by atoms with Crippen molar-refractivity contribution in [2.24, 2.45) is 5.41 Å². The number of imidazole rings is 1. The highest BCUT2D eigenvalue weighted by Gasteiger charge is 2.81. The largest absolute Gasteiger partial charge is 0.476 e. The molecule has 1 aliphatic heterocycles. The Balaban J connectivity index is 1.46. The number of hydrogen-bond donors (Lipinski definition) is 2. The Kier molecular flexibility index (Phi) is 8.80. The molecule has 1 saturated heterocycles. The number of halogens is 1. The lowest BCUT2D eigenvalue weighted by molar-refractivity contribution is -0.161. The molecule has 2 aliphatic rings. The van der Waals surface area contributed by atoms with Gasteiger partial charge >= 0.3 is 19.7 Å². The van der Waals surface area contributed by atoms with Crippen molar-refractivity contribution in [3.8, 4) is 11.6 Å². The average molecular weight is 637 g/mol. The number of esters is 2. The minimum atomic E-state index is -4.41. The van der Waals surface area contributed by atoms with Gasteiger partial charge in [0.15, 0.2) is 23.5 Å². The standard InChI is InChI=1S/C27H34FN6O9P/c1-6-38-23-18-22(31-26(29)32-23)34(13-30-18)24-21(40-16(5)35)27(12-28)19(41-24)20(27)43-44(37,42-17-10-8-7-9-11-17)33-15(4)25(36)39-14(2)3/h7-11,13-15,19-21,24H,6,12H2,1-5H3,(H,33,37)(H2,29,31,32)/t15-,19+,20?,21-,24+,27+,44-/m0/s1. The van der Waals surface area contributed by atoms with Crippen LogP contribution < -0.4 is 20.1 Å². The van der Waals surface area contributed by atoms with Crippen molar-refractivity contribution in [2.75, 3.05) is 19.0 Å². The van der Waals surface area contributed by atoms with Gasteiger partial charge in [0.2, 0.25) is 11.8 Å². The van der Waals surface area contributed by atoms with E-state index < -0.39 is 68.5 Å². The average Bonchev–Trinajstić information content (AvgIpc) is 3.20. The third-order valence-corrected chi connectivity index (χ3v) is 8.72. The first-order valence-corrected chi connectivity index (χ1v) is 15.5. The molecular formula is C27H34FN6O9P. The van der Waals surface area contributed by atoms with E-state index in [1.165, 1.54) is 36.9 Å². The molecular weight excluding hydrogens is 602 g/mol. The SMILES string of the molecule is CCOc1nc(N)nc2c1ncn2[C@@H]1O[C@@H]2C(O[P@](=O)(N[C@@H](C)C(=O)OC(C)C)Oc3ccccc3)[C@]2(CF)[C@H]1OC(C)=O. The highest BCUT2D eigenvalue weighted by molar-refractivity contribution is 7.52. The Labute approximate surface area is 252 Å². The Morgan fingerprint density at radius 2 is 1.93 bits per heavy atom. The summed E-state index contributed by atoms with van der Waals surface area (Å²) in [6, 6.07) is 6.97. The van der Waals surface area contributed by atoms with Gasteiger partial charge in [0.1, 0.15) is 30.7 Å². The number of fused-ring (bicyclic) bond motifs is 2. The fourth-order valence-corrected chi connectivity index (χ4v) is 6.88. The molecule has 3 N–H and O–H groups in total. The number of alkyl halides is 1. The van der Waals surface area contributed by atoms with Crippen molar-refractivity contribution >= 4 is 36.8 Å². The van der Waals surface area contributed by atoms with Gasteiger partial charge in [-0.15, -0.1) is 0 Å². The zero-order valence-electron chi connectivity index (χ0n) is 24.7. The van der Waals surface area contributed by atoms with E-state index >= 15 is 4.39 Å². The molecule has 1 unspecified atom stereocenters. The first kappa shape index (κ1) is 31.6. The minimum absolute atomic E-state index is 0.105. The Bertz CT molecular complexity index is 1580. The maximum atomic E-state index is 15.1. The molecule has 2 aromatic heterocycles. The highest BCUT2D eigenvalue weighted by atomic mass is 31.2. The first-order chi connectivity index (χ1) is 20.9. The topological polar surface area (TPSA) is 188 Å². The molecule has 15 nitrogen and oxygen atoms in total. The van der Waals surface area contributed by atoms with Crippen molar-refractivity contribution in [3.63, 3.8) is 0 Å². The van der Waals surface area contributed by atoms with Gasteiger partial charge in [-0.2, -0.15) is 15.1 Å². The normalized spacial score (nSPS) is 26.1. The van der Waals surface area contributed by atoms with Gasteiger partial charge in [-0.1, -0.05) is 18.2 Å². The molecule has 0 spiro atoms. The summed E-state index contributed by atoms with van der Waals surface area (Å²) in [5.74, 6) is -1.23. The number of nitrogens with two attached hydrogens (primary N) is 1. The van der Waals surface area contributed by atoms with E-state index in [4.69, 9.17) is 33.7 Å². The molecule has 1 aliphatic carbocycles. The molecule has 44 heavy (non-hydrogen) atoms. The fraction of sp³-hybridized carbons (Fsp3) is 0.519. The molecule has 3 aromatic rings. The number of aromatic nitrogens is 4. The van der Waals surface area contributed by atoms with E-state index in [0.717, 1.165) is 0 Å². The number of para-hydroxylation sites is 1. The monoisotopic (exact) mass is 636 g/mol. The molecule has 0 amide bonds. The maximum Gasteiger partial charge on any atom is 0.459 e. The van der Waals surface area contributed by atoms with E-state index in [0.29, 0.717) is 0 Å². The van der Waals surface area contributed by atoms with E-state index in [1.54, 1.807) is 39.0 Å². The van der Waals surface area contributed by atoms with Crippen LogP contribution >= 0.6 is 7.75 Å². The summed E-state index contributed by atoms with van der Waals surface area (Å²) < 4.78 is 64.9. The Morgan fingerprint density at radius 1 is 1.20 bits per heavy atom. The lowest BCUT2D eigenvalue weighted by atomic mass is 9.99. The van der Waals surface area contributed by atoms with Crippen LogP contribution in [-0.2, 0) is 32.9 Å².